The lowest BCUT2D eigenvalue weighted by atomic mass is 9.97. The lowest BCUT2D eigenvalue weighted by Crippen LogP contribution is -2.03. The van der Waals surface area contributed by atoms with Crippen LogP contribution in [-0.2, 0) is 4.79 Å². The number of carboxylic acids is 1. The second-order valence-electron chi connectivity index (χ2n) is 5.44. The van der Waals surface area contributed by atoms with Gasteiger partial charge in [-0.15, -0.1) is 0 Å². The highest BCUT2D eigenvalue weighted by Crippen LogP contribution is 2.37. The molecule has 0 saturated heterocycles. The number of benzene rings is 3. The Morgan fingerprint density at radius 1 is 0.846 bits per heavy atom. The number of hydrogen-bond acceptors (Lipinski definition) is 2. The van der Waals surface area contributed by atoms with E-state index in [2.05, 4.69) is 15.9 Å². The normalized spacial score (nSPS) is 11.8. The van der Waals surface area contributed by atoms with Crippen LogP contribution in [0.4, 0.5) is 0 Å². The summed E-state index contributed by atoms with van der Waals surface area (Å²) in [4.78, 5) is 13.2. The Kier molecular flexibility index (Phi) is 6.20. The van der Waals surface area contributed by atoms with Crippen LogP contribution in [0, 0.1) is 0 Å². The lowest BCUT2D eigenvalue weighted by Gasteiger charge is -2.14. The minimum atomic E-state index is -0.966. The van der Waals surface area contributed by atoms with E-state index in [1.165, 1.54) is 11.8 Å². The van der Waals surface area contributed by atoms with Crippen molar-refractivity contribution in [3.05, 3.63) is 104 Å². The van der Waals surface area contributed by atoms with E-state index in [-0.39, 0.29) is 4.91 Å². The molecule has 130 valence electrons. The van der Waals surface area contributed by atoms with Crippen LogP contribution >= 0.6 is 39.3 Å². The predicted octanol–water partition coefficient (Wildman–Crippen LogP) is 6.74. The molecule has 0 heterocycles. The smallest absolute Gasteiger partial charge is 0.343 e. The molecule has 0 amide bonds. The van der Waals surface area contributed by atoms with E-state index in [0.29, 0.717) is 10.6 Å². The fraction of sp³-hybridized carbons (Fsp3) is 0. The average molecular weight is 446 g/mol. The van der Waals surface area contributed by atoms with Crippen LogP contribution < -0.4 is 0 Å². The van der Waals surface area contributed by atoms with Crippen molar-refractivity contribution in [2.75, 3.05) is 0 Å². The Hall–Kier alpha value is -2.01. The van der Waals surface area contributed by atoms with Crippen LogP contribution in [0.1, 0.15) is 11.1 Å². The maximum atomic E-state index is 12.1. The van der Waals surface area contributed by atoms with E-state index in [1.54, 1.807) is 12.1 Å². The van der Waals surface area contributed by atoms with Gasteiger partial charge in [-0.05, 0) is 47.5 Å². The second-order valence-corrected chi connectivity index (χ2v) is 7.87. The number of thioether (sulfide) groups is 1. The molecule has 3 rings (SSSR count). The SMILES string of the molecule is O=C(O)/C(Sc1ccc(Br)cc1)=C(/c1ccccc1)c1ccc(Cl)cc1. The molecule has 3 aromatic carbocycles. The molecule has 0 atom stereocenters. The Balaban J connectivity index is 2.18. The number of rotatable bonds is 5. The summed E-state index contributed by atoms with van der Waals surface area (Å²) in [6.45, 7) is 0. The van der Waals surface area contributed by atoms with Crippen molar-refractivity contribution in [2.24, 2.45) is 0 Å². The molecule has 5 heteroatoms. The molecule has 3 aromatic rings. The summed E-state index contributed by atoms with van der Waals surface area (Å²) < 4.78 is 0.948. The van der Waals surface area contributed by atoms with Gasteiger partial charge in [-0.2, -0.15) is 0 Å². The molecular formula is C21H14BrClO2S. The highest BCUT2D eigenvalue weighted by Gasteiger charge is 2.19. The molecule has 26 heavy (non-hydrogen) atoms. The Labute approximate surface area is 169 Å². The first-order valence-electron chi connectivity index (χ1n) is 7.77. The number of aliphatic carboxylic acids is 1. The van der Waals surface area contributed by atoms with Crippen LogP contribution in [0.3, 0.4) is 0 Å². The van der Waals surface area contributed by atoms with Crippen LogP contribution in [-0.4, -0.2) is 11.1 Å². The largest absolute Gasteiger partial charge is 0.477 e. The molecule has 0 unspecified atom stereocenters. The summed E-state index contributed by atoms with van der Waals surface area (Å²) in [5.74, 6) is -0.966. The minimum absolute atomic E-state index is 0.265. The van der Waals surface area contributed by atoms with Gasteiger partial charge in [0.05, 0.1) is 0 Å². The van der Waals surface area contributed by atoms with Gasteiger partial charge < -0.3 is 5.11 Å². The highest BCUT2D eigenvalue weighted by atomic mass is 79.9. The Morgan fingerprint density at radius 2 is 1.42 bits per heavy atom. The quantitative estimate of drug-likeness (QED) is 0.349. The summed E-state index contributed by atoms with van der Waals surface area (Å²) in [6.07, 6.45) is 0. The van der Waals surface area contributed by atoms with Gasteiger partial charge in [0.25, 0.3) is 0 Å². The molecule has 0 saturated carbocycles. The first-order chi connectivity index (χ1) is 12.5. The van der Waals surface area contributed by atoms with Crippen molar-refractivity contribution in [3.8, 4) is 0 Å². The zero-order chi connectivity index (χ0) is 18.5. The van der Waals surface area contributed by atoms with E-state index in [0.717, 1.165) is 20.5 Å². The fourth-order valence-corrected chi connectivity index (χ4v) is 3.80. The summed E-state index contributed by atoms with van der Waals surface area (Å²) in [5, 5.41) is 10.5. The van der Waals surface area contributed by atoms with Gasteiger partial charge in [0.15, 0.2) is 0 Å². The minimum Gasteiger partial charge on any atom is -0.477 e. The first kappa shape index (κ1) is 18.8. The molecule has 0 spiro atoms. The number of carbonyl (C=O) groups is 1. The van der Waals surface area contributed by atoms with Gasteiger partial charge in [-0.25, -0.2) is 4.79 Å². The van der Waals surface area contributed by atoms with Crippen LogP contribution in [0.2, 0.25) is 5.02 Å². The van der Waals surface area contributed by atoms with Crippen molar-refractivity contribution >= 4 is 50.8 Å². The van der Waals surface area contributed by atoms with E-state index in [9.17, 15) is 9.90 Å². The zero-order valence-electron chi connectivity index (χ0n) is 13.5. The Morgan fingerprint density at radius 3 is 2.00 bits per heavy atom. The molecule has 0 aromatic heterocycles. The maximum absolute atomic E-state index is 12.1. The van der Waals surface area contributed by atoms with Crippen molar-refractivity contribution in [3.63, 3.8) is 0 Å². The monoisotopic (exact) mass is 444 g/mol. The molecule has 2 nitrogen and oxygen atoms in total. The summed E-state index contributed by atoms with van der Waals surface area (Å²) in [6, 6.07) is 24.3. The van der Waals surface area contributed by atoms with E-state index >= 15 is 0 Å². The van der Waals surface area contributed by atoms with Gasteiger partial charge in [0, 0.05) is 20.0 Å². The maximum Gasteiger partial charge on any atom is 0.343 e. The van der Waals surface area contributed by atoms with Crippen LogP contribution in [0.5, 0.6) is 0 Å². The van der Waals surface area contributed by atoms with Crippen molar-refractivity contribution < 1.29 is 9.90 Å². The number of halogens is 2. The third-order valence-corrected chi connectivity index (χ3v) is 5.52. The number of hydrogen-bond donors (Lipinski definition) is 1. The molecule has 0 radical (unpaired) electrons. The first-order valence-corrected chi connectivity index (χ1v) is 9.75. The van der Waals surface area contributed by atoms with Crippen molar-refractivity contribution in [2.45, 2.75) is 4.90 Å². The third kappa shape index (κ3) is 4.58. The van der Waals surface area contributed by atoms with E-state index < -0.39 is 5.97 Å². The van der Waals surface area contributed by atoms with Gasteiger partial charge in [-0.3, -0.25) is 0 Å². The summed E-state index contributed by atoms with van der Waals surface area (Å²) >= 11 is 10.6. The average Bonchev–Trinajstić information content (AvgIpc) is 2.65. The number of carboxylic acid groups (broad SMARTS) is 1. The topological polar surface area (TPSA) is 37.3 Å². The van der Waals surface area contributed by atoms with Gasteiger partial charge in [0.1, 0.15) is 4.91 Å². The Bertz CT molecular complexity index is 936. The molecule has 0 bridgehead atoms. The summed E-state index contributed by atoms with van der Waals surface area (Å²) in [7, 11) is 0. The summed E-state index contributed by atoms with van der Waals surface area (Å²) in [5.41, 5.74) is 2.32. The molecule has 0 aliphatic heterocycles. The highest BCUT2D eigenvalue weighted by molar-refractivity contribution is 9.10. The lowest BCUT2D eigenvalue weighted by molar-refractivity contribution is -0.131. The van der Waals surface area contributed by atoms with Gasteiger partial charge >= 0.3 is 5.97 Å². The molecule has 1 N–H and O–H groups in total. The van der Waals surface area contributed by atoms with Crippen LogP contribution in [0.15, 0.2) is 93.1 Å². The predicted molar refractivity (Wildman–Crippen MR) is 112 cm³/mol. The molecule has 0 fully saturated rings. The van der Waals surface area contributed by atoms with Crippen molar-refractivity contribution in [1.82, 2.24) is 0 Å². The van der Waals surface area contributed by atoms with Crippen molar-refractivity contribution in [1.29, 1.82) is 0 Å². The van der Waals surface area contributed by atoms with Gasteiger partial charge in [-0.1, -0.05) is 81.8 Å². The van der Waals surface area contributed by atoms with Gasteiger partial charge in [0.2, 0.25) is 0 Å². The van der Waals surface area contributed by atoms with E-state index in [4.69, 9.17) is 11.6 Å². The molecule has 0 aliphatic rings. The third-order valence-electron chi connectivity index (χ3n) is 3.65. The molecule has 0 aliphatic carbocycles. The standard InChI is InChI=1S/C21H14BrClO2S/c22-16-8-12-18(13-9-16)26-20(21(24)25)19(14-4-2-1-3-5-14)15-6-10-17(23)11-7-15/h1-13H,(H,24,25)/b20-19+. The van der Waals surface area contributed by atoms with E-state index in [1.807, 2.05) is 66.7 Å². The van der Waals surface area contributed by atoms with Crippen LogP contribution in [0.25, 0.3) is 5.57 Å². The molecular weight excluding hydrogens is 432 g/mol. The zero-order valence-corrected chi connectivity index (χ0v) is 16.7. The second kappa shape index (κ2) is 8.58. The fourth-order valence-electron chi connectivity index (χ4n) is 2.47.